The molecule has 1 saturated heterocycles. The highest BCUT2D eigenvalue weighted by Crippen LogP contribution is 2.34. The van der Waals surface area contributed by atoms with Crippen LogP contribution in [0.1, 0.15) is 24.4 Å². The lowest BCUT2D eigenvalue weighted by atomic mass is 9.92. The molecule has 3 atom stereocenters. The average Bonchev–Trinajstić information content (AvgIpc) is 3.22. The summed E-state index contributed by atoms with van der Waals surface area (Å²) in [7, 11) is -3.55. The Labute approximate surface area is 182 Å². The molecule has 0 saturated carbocycles. The summed E-state index contributed by atoms with van der Waals surface area (Å²) in [6, 6.07) is 3.56. The predicted octanol–water partition coefficient (Wildman–Crippen LogP) is 2.28. The Hall–Kier alpha value is -3.02. The van der Waals surface area contributed by atoms with Gasteiger partial charge in [-0.2, -0.15) is 5.10 Å². The van der Waals surface area contributed by atoms with E-state index < -0.39 is 45.5 Å². The van der Waals surface area contributed by atoms with Crippen molar-refractivity contribution in [1.82, 2.24) is 15.0 Å². The van der Waals surface area contributed by atoms with Gasteiger partial charge in [0.1, 0.15) is 30.0 Å². The van der Waals surface area contributed by atoms with Gasteiger partial charge in [0.15, 0.2) is 14.9 Å². The van der Waals surface area contributed by atoms with Gasteiger partial charge >= 0.3 is 0 Å². The van der Waals surface area contributed by atoms with Gasteiger partial charge in [-0.15, -0.1) is 0 Å². The number of aromatic nitrogens is 2. The zero-order valence-electron chi connectivity index (χ0n) is 17.0. The van der Waals surface area contributed by atoms with E-state index in [-0.39, 0.29) is 42.3 Å². The quantitative estimate of drug-likeness (QED) is 0.641. The normalized spacial score (nSPS) is 23.6. The molecule has 12 heteroatoms. The molecule has 2 aromatic rings. The van der Waals surface area contributed by atoms with Gasteiger partial charge in [0.05, 0.1) is 18.5 Å². The number of amides is 1. The van der Waals surface area contributed by atoms with Crippen LogP contribution in [0.4, 0.5) is 19.0 Å². The second-order valence-corrected chi connectivity index (χ2v) is 9.74. The van der Waals surface area contributed by atoms with E-state index in [2.05, 4.69) is 15.1 Å². The summed E-state index contributed by atoms with van der Waals surface area (Å²) in [5, 5.41) is 4.94. The number of hydrazone groups is 1. The summed E-state index contributed by atoms with van der Waals surface area (Å²) >= 11 is 0. The summed E-state index contributed by atoms with van der Waals surface area (Å²) in [4.78, 5) is 22.3. The number of anilines is 1. The second-order valence-electron chi connectivity index (χ2n) is 7.78. The molecular weight excluding hydrogens is 447 g/mol. The molecule has 1 fully saturated rings. The standard InChI is InChI=1S/C20H20F3N5O3S/c1-32(30,31)19-9-18(24-11-25-19)27-5-3-15(16(23)10-27)20(29)28-17(2-4-26-28)12-6-13(21)8-14(22)7-12/h4,6-9,11,15-17H,2-3,5,10H2,1H3/t15-,16+,17-/m1/s1. The predicted molar refractivity (Wildman–Crippen MR) is 109 cm³/mol. The molecule has 1 aromatic carbocycles. The Morgan fingerprint density at radius 3 is 2.50 bits per heavy atom. The molecule has 2 aliphatic heterocycles. The van der Waals surface area contributed by atoms with Crippen molar-refractivity contribution in [3.05, 3.63) is 47.8 Å². The van der Waals surface area contributed by atoms with Crippen LogP contribution in [-0.4, -0.2) is 61.0 Å². The number of sulfone groups is 1. The van der Waals surface area contributed by atoms with Crippen molar-refractivity contribution in [3.63, 3.8) is 0 Å². The highest BCUT2D eigenvalue weighted by atomic mass is 32.2. The molecule has 1 aromatic heterocycles. The van der Waals surface area contributed by atoms with Crippen LogP contribution < -0.4 is 4.90 Å². The van der Waals surface area contributed by atoms with E-state index in [1.165, 1.54) is 12.3 Å². The van der Waals surface area contributed by atoms with Crippen molar-refractivity contribution >= 4 is 27.8 Å². The number of carbonyl (C=O) groups excluding carboxylic acids is 1. The van der Waals surface area contributed by atoms with Crippen molar-refractivity contribution in [2.75, 3.05) is 24.2 Å². The lowest BCUT2D eigenvalue weighted by Gasteiger charge is -2.36. The molecule has 3 heterocycles. The van der Waals surface area contributed by atoms with Crippen LogP contribution in [-0.2, 0) is 14.6 Å². The van der Waals surface area contributed by atoms with E-state index in [0.29, 0.717) is 0 Å². The maximum absolute atomic E-state index is 15.1. The number of piperidine rings is 1. The molecule has 8 nitrogen and oxygen atoms in total. The molecule has 4 rings (SSSR count). The van der Waals surface area contributed by atoms with Crippen LogP contribution in [0.5, 0.6) is 0 Å². The molecule has 0 spiro atoms. The first-order valence-electron chi connectivity index (χ1n) is 9.86. The minimum atomic E-state index is -3.55. The molecular formula is C20H20F3N5O3S. The van der Waals surface area contributed by atoms with Crippen LogP contribution in [0.3, 0.4) is 0 Å². The third kappa shape index (κ3) is 4.45. The first-order valence-corrected chi connectivity index (χ1v) is 11.8. The summed E-state index contributed by atoms with van der Waals surface area (Å²) in [6.45, 7) is 0.0846. The average molecular weight is 467 g/mol. The van der Waals surface area contributed by atoms with Gasteiger partial charge in [0.2, 0.25) is 5.91 Å². The smallest absolute Gasteiger partial charge is 0.249 e. The molecule has 0 unspecified atom stereocenters. The monoisotopic (exact) mass is 467 g/mol. The molecule has 32 heavy (non-hydrogen) atoms. The Kier molecular flexibility index (Phi) is 5.89. The van der Waals surface area contributed by atoms with Gasteiger partial charge in [0.25, 0.3) is 0 Å². The van der Waals surface area contributed by atoms with Crippen LogP contribution in [0.2, 0.25) is 0 Å². The van der Waals surface area contributed by atoms with Crippen LogP contribution in [0.15, 0.2) is 40.7 Å². The summed E-state index contributed by atoms with van der Waals surface area (Å²) < 4.78 is 65.8. The molecule has 1 amide bonds. The second kappa shape index (κ2) is 8.49. The Morgan fingerprint density at radius 1 is 1.12 bits per heavy atom. The fourth-order valence-corrected chi connectivity index (χ4v) is 4.50. The van der Waals surface area contributed by atoms with Gasteiger partial charge in [-0.05, 0) is 24.1 Å². The highest BCUT2D eigenvalue weighted by molar-refractivity contribution is 7.90. The van der Waals surface area contributed by atoms with Gasteiger partial charge in [-0.3, -0.25) is 4.79 Å². The Balaban J connectivity index is 1.49. The van der Waals surface area contributed by atoms with Gasteiger partial charge in [-0.1, -0.05) is 0 Å². The fourth-order valence-electron chi connectivity index (χ4n) is 3.94. The summed E-state index contributed by atoms with van der Waals surface area (Å²) in [6.07, 6.45) is 2.39. The third-order valence-electron chi connectivity index (χ3n) is 5.52. The van der Waals surface area contributed by atoms with Crippen molar-refractivity contribution < 1.29 is 26.4 Å². The largest absolute Gasteiger partial charge is 0.354 e. The van der Waals surface area contributed by atoms with Crippen LogP contribution in [0.25, 0.3) is 0 Å². The Bertz CT molecular complexity index is 1160. The first-order chi connectivity index (χ1) is 15.1. The molecule has 0 bridgehead atoms. The van der Waals surface area contributed by atoms with Gasteiger partial charge < -0.3 is 4.90 Å². The van der Waals surface area contributed by atoms with Gasteiger partial charge in [-0.25, -0.2) is 36.6 Å². The highest BCUT2D eigenvalue weighted by Gasteiger charge is 2.40. The summed E-state index contributed by atoms with van der Waals surface area (Å²) in [5.41, 5.74) is 0.246. The van der Waals surface area contributed by atoms with Crippen molar-refractivity contribution in [2.24, 2.45) is 11.0 Å². The fraction of sp³-hybridized carbons (Fsp3) is 0.400. The number of alkyl halides is 1. The Morgan fingerprint density at radius 2 is 1.84 bits per heavy atom. The maximum Gasteiger partial charge on any atom is 0.249 e. The molecule has 0 radical (unpaired) electrons. The number of nitrogens with zero attached hydrogens (tertiary/aromatic N) is 5. The van der Waals surface area contributed by atoms with Crippen LogP contribution in [0, 0.1) is 17.6 Å². The van der Waals surface area contributed by atoms with Crippen molar-refractivity contribution in [1.29, 1.82) is 0 Å². The van der Waals surface area contributed by atoms with E-state index >= 15 is 4.39 Å². The van der Waals surface area contributed by atoms with E-state index in [1.807, 2.05) is 0 Å². The van der Waals surface area contributed by atoms with Crippen molar-refractivity contribution in [2.45, 2.75) is 30.1 Å². The van der Waals surface area contributed by atoms with E-state index in [9.17, 15) is 22.0 Å². The lowest BCUT2D eigenvalue weighted by molar-refractivity contribution is -0.140. The number of hydrogen-bond donors (Lipinski definition) is 0. The molecule has 0 N–H and O–H groups in total. The number of hydrogen-bond acceptors (Lipinski definition) is 7. The third-order valence-corrected chi connectivity index (χ3v) is 6.50. The number of halogens is 3. The summed E-state index contributed by atoms with van der Waals surface area (Å²) in [5.74, 6) is -2.86. The van der Waals surface area contributed by atoms with Crippen molar-refractivity contribution in [3.8, 4) is 0 Å². The van der Waals surface area contributed by atoms with E-state index in [1.54, 1.807) is 4.90 Å². The molecule has 170 valence electrons. The topological polar surface area (TPSA) is 95.8 Å². The lowest BCUT2D eigenvalue weighted by Crippen LogP contribution is -2.48. The maximum atomic E-state index is 15.1. The number of carbonyl (C=O) groups is 1. The van der Waals surface area contributed by atoms with Gasteiger partial charge in [0, 0.05) is 37.6 Å². The molecule has 0 aliphatic carbocycles. The van der Waals surface area contributed by atoms with E-state index in [0.717, 1.165) is 35.8 Å². The zero-order chi connectivity index (χ0) is 23.0. The van der Waals surface area contributed by atoms with Crippen LogP contribution >= 0.6 is 0 Å². The molecule has 2 aliphatic rings. The first kappa shape index (κ1) is 22.2. The SMILES string of the molecule is CS(=O)(=O)c1cc(N2CC[C@@H](C(=O)N3N=CC[C@@H]3c3cc(F)cc(F)c3)[C@@H](F)C2)ncn1. The zero-order valence-corrected chi connectivity index (χ0v) is 17.8. The number of benzene rings is 1. The number of rotatable bonds is 4. The van der Waals surface area contributed by atoms with E-state index in [4.69, 9.17) is 0 Å². The minimum Gasteiger partial charge on any atom is -0.354 e. The minimum absolute atomic E-state index is 0.133.